The van der Waals surface area contributed by atoms with Gasteiger partial charge in [-0.1, -0.05) is 30.3 Å². The smallest absolute Gasteiger partial charge is 0.349 e. The molecule has 2 aromatic heterocycles. The fraction of sp³-hybridized carbons (Fsp3) is 0.167. The van der Waals surface area contributed by atoms with Gasteiger partial charge in [0.25, 0.3) is 5.56 Å². The van der Waals surface area contributed by atoms with Crippen LogP contribution in [0.2, 0.25) is 0 Å². The number of fused-ring (bicyclic) bond motifs is 1. The number of esters is 1. The van der Waals surface area contributed by atoms with E-state index in [9.17, 15) is 9.59 Å². The average molecular weight is 436 g/mol. The normalized spacial score (nSPS) is 10.9. The molecule has 0 unspecified atom stereocenters. The molecule has 0 atom stereocenters. The predicted octanol–water partition coefficient (Wildman–Crippen LogP) is 4.27. The molecule has 4 aromatic rings. The van der Waals surface area contributed by atoms with Gasteiger partial charge in [0.15, 0.2) is 0 Å². The lowest BCUT2D eigenvalue weighted by molar-refractivity contribution is 0.0533. The van der Waals surface area contributed by atoms with Crippen molar-refractivity contribution in [3.05, 3.63) is 82.0 Å². The van der Waals surface area contributed by atoms with Crippen molar-refractivity contribution >= 4 is 27.5 Å². The number of carbonyl (C=O) groups is 1. The Labute approximate surface area is 182 Å². The van der Waals surface area contributed by atoms with E-state index in [4.69, 9.17) is 14.6 Å². The number of aromatic nitrogens is 1. The second kappa shape index (κ2) is 9.16. The van der Waals surface area contributed by atoms with Gasteiger partial charge in [-0.3, -0.25) is 9.36 Å². The Morgan fingerprint density at radius 1 is 1.03 bits per heavy atom. The minimum Gasteiger partial charge on any atom is -0.491 e. The van der Waals surface area contributed by atoms with Gasteiger partial charge in [0.2, 0.25) is 0 Å². The van der Waals surface area contributed by atoms with E-state index in [-0.39, 0.29) is 25.4 Å². The topological polar surface area (TPSA) is 77.8 Å². The van der Waals surface area contributed by atoms with Gasteiger partial charge in [0, 0.05) is 17.0 Å². The number of aliphatic hydroxyl groups excluding tert-OH is 1. The maximum Gasteiger partial charge on any atom is 0.349 e. The van der Waals surface area contributed by atoms with E-state index in [0.29, 0.717) is 21.1 Å². The summed E-state index contributed by atoms with van der Waals surface area (Å²) in [4.78, 5) is 26.7. The molecule has 0 bridgehead atoms. The van der Waals surface area contributed by atoms with Crippen LogP contribution in [-0.4, -0.2) is 35.5 Å². The van der Waals surface area contributed by atoms with Crippen LogP contribution in [0.5, 0.6) is 5.75 Å². The van der Waals surface area contributed by atoms with Crippen LogP contribution in [0.4, 0.5) is 0 Å². The molecule has 4 rings (SSSR count). The predicted molar refractivity (Wildman–Crippen MR) is 121 cm³/mol. The van der Waals surface area contributed by atoms with Crippen molar-refractivity contribution in [2.24, 2.45) is 0 Å². The molecule has 0 aliphatic carbocycles. The zero-order valence-electron chi connectivity index (χ0n) is 16.9. The van der Waals surface area contributed by atoms with Gasteiger partial charge in [-0.2, -0.15) is 0 Å². The second-order valence-corrected chi connectivity index (χ2v) is 7.68. The minimum absolute atomic E-state index is 0.0748. The third-order valence-corrected chi connectivity index (χ3v) is 5.89. The lowest BCUT2D eigenvalue weighted by Crippen LogP contribution is -2.16. The third-order valence-electron chi connectivity index (χ3n) is 4.72. The lowest BCUT2D eigenvalue weighted by atomic mass is 10.0. The zero-order valence-corrected chi connectivity index (χ0v) is 17.7. The Hall–Kier alpha value is -3.42. The number of thiophene rings is 1. The van der Waals surface area contributed by atoms with E-state index in [1.165, 1.54) is 17.4 Å². The molecule has 7 heteroatoms. The summed E-state index contributed by atoms with van der Waals surface area (Å²) in [6.07, 6.45) is 0. The van der Waals surface area contributed by atoms with E-state index in [1.54, 1.807) is 41.8 Å². The highest BCUT2D eigenvalue weighted by molar-refractivity contribution is 7.21. The van der Waals surface area contributed by atoms with Crippen LogP contribution in [0, 0.1) is 0 Å². The molecular weight excluding hydrogens is 414 g/mol. The second-order valence-electron chi connectivity index (χ2n) is 6.68. The third kappa shape index (κ3) is 4.10. The summed E-state index contributed by atoms with van der Waals surface area (Å²) in [5, 5.41) is 9.72. The van der Waals surface area contributed by atoms with E-state index >= 15 is 0 Å². The van der Waals surface area contributed by atoms with Gasteiger partial charge >= 0.3 is 5.97 Å². The number of aliphatic hydroxyl groups is 1. The molecule has 0 amide bonds. The molecular formula is C24H21NO5S. The van der Waals surface area contributed by atoms with E-state index < -0.39 is 5.97 Å². The zero-order chi connectivity index (χ0) is 21.8. The first-order valence-electron chi connectivity index (χ1n) is 9.89. The molecule has 158 valence electrons. The Morgan fingerprint density at radius 3 is 2.45 bits per heavy atom. The number of hydrogen-bond donors (Lipinski definition) is 1. The molecule has 0 spiro atoms. The molecule has 0 radical (unpaired) electrons. The van der Waals surface area contributed by atoms with Crippen LogP contribution in [0.25, 0.3) is 27.0 Å². The fourth-order valence-corrected chi connectivity index (χ4v) is 4.65. The van der Waals surface area contributed by atoms with Gasteiger partial charge in [0.1, 0.15) is 22.1 Å². The Morgan fingerprint density at radius 2 is 1.77 bits per heavy atom. The highest BCUT2D eigenvalue weighted by Gasteiger charge is 2.23. The van der Waals surface area contributed by atoms with Crippen molar-refractivity contribution in [1.82, 2.24) is 4.57 Å². The fourth-order valence-electron chi connectivity index (χ4n) is 3.41. The van der Waals surface area contributed by atoms with Gasteiger partial charge in [-0.25, -0.2) is 4.79 Å². The van der Waals surface area contributed by atoms with Crippen LogP contribution >= 0.6 is 11.3 Å². The summed E-state index contributed by atoms with van der Waals surface area (Å²) in [5.41, 5.74) is 2.10. The number of nitrogens with zero attached hydrogens (tertiary/aromatic N) is 1. The summed E-state index contributed by atoms with van der Waals surface area (Å²) in [5.74, 6) is 0.190. The van der Waals surface area contributed by atoms with Crippen LogP contribution in [0.3, 0.4) is 0 Å². The molecule has 2 aromatic carbocycles. The number of carbonyl (C=O) groups excluding carboxylic acids is 1. The minimum atomic E-state index is -0.408. The molecule has 1 N–H and O–H groups in total. The van der Waals surface area contributed by atoms with Crippen LogP contribution in [0.1, 0.15) is 16.6 Å². The molecule has 31 heavy (non-hydrogen) atoms. The number of ether oxygens (including phenoxy) is 2. The van der Waals surface area contributed by atoms with Crippen molar-refractivity contribution in [3.63, 3.8) is 0 Å². The van der Waals surface area contributed by atoms with E-state index in [1.807, 2.05) is 30.3 Å². The molecule has 0 aliphatic rings. The van der Waals surface area contributed by atoms with Crippen LogP contribution in [-0.2, 0) is 4.74 Å². The maximum absolute atomic E-state index is 12.8. The first-order chi connectivity index (χ1) is 15.1. The van der Waals surface area contributed by atoms with E-state index in [0.717, 1.165) is 16.5 Å². The molecule has 0 aliphatic heterocycles. The van der Waals surface area contributed by atoms with Crippen LogP contribution in [0.15, 0.2) is 71.5 Å². The van der Waals surface area contributed by atoms with Gasteiger partial charge < -0.3 is 14.6 Å². The summed E-state index contributed by atoms with van der Waals surface area (Å²) < 4.78 is 12.3. The van der Waals surface area contributed by atoms with E-state index in [2.05, 4.69) is 0 Å². The van der Waals surface area contributed by atoms with Crippen LogP contribution < -0.4 is 10.3 Å². The van der Waals surface area contributed by atoms with Crippen molar-refractivity contribution in [2.45, 2.75) is 6.92 Å². The molecule has 0 saturated carbocycles. The Kier molecular flexibility index (Phi) is 6.16. The van der Waals surface area contributed by atoms with Gasteiger partial charge in [-0.05, 0) is 42.8 Å². The van der Waals surface area contributed by atoms with Crippen molar-refractivity contribution in [1.29, 1.82) is 0 Å². The number of benzene rings is 2. The SMILES string of the molecule is CCOC(=O)c1sc2c(ccc(=O)n2-c2ccc(OCCO)cc2)c1-c1ccccc1. The van der Waals surface area contributed by atoms with Gasteiger partial charge in [-0.15, -0.1) is 11.3 Å². The monoisotopic (exact) mass is 435 g/mol. The van der Waals surface area contributed by atoms with Gasteiger partial charge in [0.05, 0.1) is 18.9 Å². The largest absolute Gasteiger partial charge is 0.491 e. The highest BCUT2D eigenvalue weighted by Crippen LogP contribution is 2.39. The quantitative estimate of drug-likeness (QED) is 0.439. The Bertz CT molecular complexity index is 1260. The summed E-state index contributed by atoms with van der Waals surface area (Å²) in [7, 11) is 0. The molecule has 0 fully saturated rings. The first-order valence-corrected chi connectivity index (χ1v) is 10.7. The molecule has 0 saturated heterocycles. The summed E-state index contributed by atoms with van der Waals surface area (Å²) in [6, 6.07) is 19.9. The number of pyridine rings is 1. The van der Waals surface area contributed by atoms with Crippen molar-refractivity contribution in [3.8, 4) is 22.6 Å². The summed E-state index contributed by atoms with van der Waals surface area (Å²) in [6.45, 7) is 2.16. The molecule has 2 heterocycles. The van der Waals surface area contributed by atoms with Crippen molar-refractivity contribution in [2.75, 3.05) is 19.8 Å². The summed E-state index contributed by atoms with van der Waals surface area (Å²) >= 11 is 1.24. The maximum atomic E-state index is 12.8. The highest BCUT2D eigenvalue weighted by atomic mass is 32.1. The standard InChI is InChI=1S/C24H21NO5S/c1-2-29-24(28)22-21(16-6-4-3-5-7-16)19-12-13-20(27)25(23(19)31-22)17-8-10-18(11-9-17)30-15-14-26/h3-13,26H,2,14-15H2,1H3. The molecule has 6 nitrogen and oxygen atoms in total. The Balaban J connectivity index is 1.92. The lowest BCUT2D eigenvalue weighted by Gasteiger charge is -2.09. The first kappa shape index (κ1) is 20.8. The van der Waals surface area contributed by atoms with Crippen molar-refractivity contribution < 1.29 is 19.4 Å². The number of hydrogen-bond acceptors (Lipinski definition) is 6. The average Bonchev–Trinajstić information content (AvgIpc) is 3.18. The number of rotatable bonds is 7.